The summed E-state index contributed by atoms with van der Waals surface area (Å²) < 4.78 is 27.1. The quantitative estimate of drug-likeness (QED) is 0.316. The fourth-order valence-electron chi connectivity index (χ4n) is 4.49. The zero-order valence-electron chi connectivity index (χ0n) is 18.9. The zero-order valence-corrected chi connectivity index (χ0v) is 19.7. The number of thioether (sulfide) groups is 1. The number of pyridine rings is 1. The SMILES string of the molecule is O=C(O)CCSC1c2ccccc2CCc2ccc(/C=C/c3ccc4cc(F)c(F)cc4n3)cc21. The molecule has 1 heterocycles. The molecule has 0 fully saturated rings. The van der Waals surface area contributed by atoms with Gasteiger partial charge in [0.2, 0.25) is 0 Å². The highest BCUT2D eigenvalue weighted by molar-refractivity contribution is 7.99. The molecule has 6 heteroatoms. The van der Waals surface area contributed by atoms with Crippen LogP contribution in [0.25, 0.3) is 23.1 Å². The summed E-state index contributed by atoms with van der Waals surface area (Å²) in [7, 11) is 0. The molecule has 3 aromatic carbocycles. The lowest BCUT2D eigenvalue weighted by atomic mass is 9.97. The van der Waals surface area contributed by atoms with Crippen molar-refractivity contribution in [2.75, 3.05) is 5.75 Å². The van der Waals surface area contributed by atoms with Gasteiger partial charge in [-0.2, -0.15) is 0 Å². The topological polar surface area (TPSA) is 50.2 Å². The lowest BCUT2D eigenvalue weighted by molar-refractivity contribution is -0.136. The standard InChI is InChI=1S/C29H23F2NO2S/c30-25-16-21-10-12-22(32-27(21)17-26(25)31)11-6-18-5-7-20-9-8-19-3-1-2-4-23(19)29(24(20)15-18)35-14-13-28(33)34/h1-7,10-12,15-17,29H,8-9,13-14H2,(H,33,34)/b11-6+. The molecule has 35 heavy (non-hydrogen) atoms. The van der Waals surface area contributed by atoms with Crippen LogP contribution in [0.1, 0.15) is 45.2 Å². The monoisotopic (exact) mass is 487 g/mol. The molecule has 1 aliphatic rings. The average Bonchev–Trinajstić information content (AvgIpc) is 3.00. The van der Waals surface area contributed by atoms with E-state index in [0.29, 0.717) is 22.3 Å². The molecule has 5 rings (SSSR count). The fraction of sp³-hybridized carbons (Fsp3) is 0.172. The summed E-state index contributed by atoms with van der Waals surface area (Å²) >= 11 is 1.67. The van der Waals surface area contributed by atoms with Crippen LogP contribution in [-0.2, 0) is 17.6 Å². The van der Waals surface area contributed by atoms with E-state index >= 15 is 0 Å². The minimum atomic E-state index is -0.913. The van der Waals surface area contributed by atoms with E-state index in [2.05, 4.69) is 41.4 Å². The van der Waals surface area contributed by atoms with Crippen LogP contribution in [0.5, 0.6) is 0 Å². The third-order valence-corrected chi connectivity index (χ3v) is 7.53. The van der Waals surface area contributed by atoms with Gasteiger partial charge in [0.05, 0.1) is 22.9 Å². The van der Waals surface area contributed by atoms with E-state index in [0.717, 1.165) is 30.5 Å². The van der Waals surface area contributed by atoms with Crippen molar-refractivity contribution in [3.8, 4) is 0 Å². The Kier molecular flexibility index (Phi) is 6.64. The maximum Gasteiger partial charge on any atom is 0.304 e. The smallest absolute Gasteiger partial charge is 0.304 e. The van der Waals surface area contributed by atoms with Gasteiger partial charge in [-0.05, 0) is 58.9 Å². The molecule has 176 valence electrons. The normalized spacial score (nSPS) is 15.1. The summed E-state index contributed by atoms with van der Waals surface area (Å²) in [6.07, 6.45) is 5.83. The van der Waals surface area contributed by atoms with Gasteiger partial charge in [0.25, 0.3) is 0 Å². The van der Waals surface area contributed by atoms with Crippen molar-refractivity contribution in [1.29, 1.82) is 0 Å². The van der Waals surface area contributed by atoms with Crippen LogP contribution in [0.3, 0.4) is 0 Å². The van der Waals surface area contributed by atoms with E-state index in [-0.39, 0.29) is 11.7 Å². The summed E-state index contributed by atoms with van der Waals surface area (Å²) in [6, 6.07) is 20.6. The van der Waals surface area contributed by atoms with E-state index in [9.17, 15) is 13.6 Å². The van der Waals surface area contributed by atoms with Gasteiger partial charge in [-0.15, -0.1) is 11.8 Å². The molecule has 0 spiro atoms. The highest BCUT2D eigenvalue weighted by Gasteiger charge is 2.24. The van der Waals surface area contributed by atoms with Gasteiger partial charge in [-0.3, -0.25) is 4.79 Å². The molecule has 4 aromatic rings. The predicted octanol–water partition coefficient (Wildman–Crippen LogP) is 7.08. The van der Waals surface area contributed by atoms with Crippen molar-refractivity contribution in [1.82, 2.24) is 4.98 Å². The van der Waals surface area contributed by atoms with Crippen LogP contribution in [0.2, 0.25) is 0 Å². The van der Waals surface area contributed by atoms with Crippen molar-refractivity contribution in [2.24, 2.45) is 0 Å². The number of carbonyl (C=O) groups is 1. The molecular weight excluding hydrogens is 464 g/mol. The van der Waals surface area contributed by atoms with Crippen LogP contribution in [-0.4, -0.2) is 21.8 Å². The van der Waals surface area contributed by atoms with E-state index in [4.69, 9.17) is 5.11 Å². The van der Waals surface area contributed by atoms with Crippen molar-refractivity contribution >= 4 is 40.8 Å². The number of aryl methyl sites for hydroxylation is 2. The Hall–Kier alpha value is -3.51. The minimum absolute atomic E-state index is 0.0630. The Balaban J connectivity index is 1.47. The average molecular weight is 488 g/mol. The Bertz CT molecular complexity index is 1450. The fourth-order valence-corrected chi connectivity index (χ4v) is 5.83. The first kappa shape index (κ1) is 23.2. The number of carboxylic acids is 1. The van der Waals surface area contributed by atoms with Crippen LogP contribution >= 0.6 is 11.8 Å². The second-order valence-electron chi connectivity index (χ2n) is 8.58. The van der Waals surface area contributed by atoms with Crippen LogP contribution in [0.15, 0.2) is 66.7 Å². The van der Waals surface area contributed by atoms with Crippen molar-refractivity contribution < 1.29 is 18.7 Å². The highest BCUT2D eigenvalue weighted by Crippen LogP contribution is 2.42. The molecule has 1 aliphatic carbocycles. The number of hydrogen-bond donors (Lipinski definition) is 1. The molecular formula is C29H23F2NO2S. The maximum atomic E-state index is 13.6. The summed E-state index contributed by atoms with van der Waals surface area (Å²) in [6.45, 7) is 0. The summed E-state index contributed by atoms with van der Waals surface area (Å²) in [5.74, 6) is -2.05. The Morgan fingerprint density at radius 2 is 1.71 bits per heavy atom. The number of hydrogen-bond acceptors (Lipinski definition) is 3. The molecule has 0 amide bonds. The molecule has 0 saturated carbocycles. The number of halogens is 2. The van der Waals surface area contributed by atoms with Gasteiger partial charge < -0.3 is 5.11 Å². The van der Waals surface area contributed by atoms with Crippen LogP contribution in [0.4, 0.5) is 8.78 Å². The molecule has 3 nitrogen and oxygen atoms in total. The molecule has 0 radical (unpaired) electrons. The first-order valence-electron chi connectivity index (χ1n) is 11.5. The lowest BCUT2D eigenvalue weighted by Crippen LogP contribution is -2.04. The molecule has 1 aromatic heterocycles. The predicted molar refractivity (Wildman–Crippen MR) is 137 cm³/mol. The van der Waals surface area contributed by atoms with Gasteiger partial charge in [0, 0.05) is 17.2 Å². The van der Waals surface area contributed by atoms with Crippen LogP contribution in [0, 0.1) is 11.6 Å². The molecule has 1 unspecified atom stereocenters. The van der Waals surface area contributed by atoms with Crippen LogP contribution < -0.4 is 0 Å². The van der Waals surface area contributed by atoms with Gasteiger partial charge in [0.1, 0.15) is 0 Å². The first-order valence-corrected chi connectivity index (χ1v) is 12.5. The Labute approximate surface area is 206 Å². The largest absolute Gasteiger partial charge is 0.481 e. The van der Waals surface area contributed by atoms with Gasteiger partial charge >= 0.3 is 5.97 Å². The van der Waals surface area contributed by atoms with E-state index in [1.165, 1.54) is 22.3 Å². The van der Waals surface area contributed by atoms with E-state index in [1.54, 1.807) is 23.9 Å². The van der Waals surface area contributed by atoms with Gasteiger partial charge in [-0.1, -0.05) is 54.6 Å². The summed E-state index contributed by atoms with van der Waals surface area (Å²) in [5.41, 5.74) is 7.07. The number of carboxylic acid groups (broad SMARTS) is 1. The zero-order chi connectivity index (χ0) is 24.4. The molecule has 0 bridgehead atoms. The summed E-state index contributed by atoms with van der Waals surface area (Å²) in [5, 5.41) is 9.75. The molecule has 0 aliphatic heterocycles. The van der Waals surface area contributed by atoms with Crippen molar-refractivity contribution in [3.63, 3.8) is 0 Å². The van der Waals surface area contributed by atoms with Crippen molar-refractivity contribution in [2.45, 2.75) is 24.5 Å². The molecule has 1 atom stereocenters. The number of fused-ring (bicyclic) bond motifs is 3. The van der Waals surface area contributed by atoms with E-state index in [1.807, 2.05) is 18.2 Å². The third kappa shape index (κ3) is 5.13. The summed E-state index contributed by atoms with van der Waals surface area (Å²) in [4.78, 5) is 15.6. The number of aliphatic carboxylic acids is 1. The Morgan fingerprint density at radius 3 is 2.54 bits per heavy atom. The number of nitrogens with zero attached hydrogens (tertiary/aromatic N) is 1. The first-order chi connectivity index (χ1) is 17.0. The third-order valence-electron chi connectivity index (χ3n) is 6.25. The highest BCUT2D eigenvalue weighted by atomic mass is 32.2. The minimum Gasteiger partial charge on any atom is -0.481 e. The van der Waals surface area contributed by atoms with E-state index < -0.39 is 17.6 Å². The van der Waals surface area contributed by atoms with Crippen molar-refractivity contribution in [3.05, 3.63) is 112 Å². The Morgan fingerprint density at radius 1 is 0.943 bits per heavy atom. The lowest BCUT2D eigenvalue weighted by Gasteiger charge is -2.20. The molecule has 1 N–H and O–H groups in total. The number of rotatable bonds is 6. The van der Waals surface area contributed by atoms with Gasteiger partial charge in [0.15, 0.2) is 11.6 Å². The number of benzene rings is 3. The second-order valence-corrected chi connectivity index (χ2v) is 9.79. The maximum absolute atomic E-state index is 13.6. The molecule has 0 saturated heterocycles. The number of aromatic nitrogens is 1. The second kappa shape index (κ2) is 10.0. The van der Waals surface area contributed by atoms with Gasteiger partial charge in [-0.25, -0.2) is 13.8 Å².